The molecule has 0 spiro atoms. The number of carbonyl (C=O) groups excluding carboxylic acids is 1. The van der Waals surface area contributed by atoms with Gasteiger partial charge in [-0.15, -0.1) is 11.6 Å². The number of fused-ring (bicyclic) bond motifs is 2. The molecule has 2 aromatic carbocycles. The molecule has 19 heavy (non-hydrogen) atoms. The molecule has 96 valence electrons. The smallest absolute Gasteiger partial charge is 0.177 e. The van der Waals surface area contributed by atoms with Crippen LogP contribution in [0.15, 0.2) is 46.2 Å². The largest absolute Gasteiger partial charge is 0.354 e. The van der Waals surface area contributed by atoms with Crippen LogP contribution in [0.1, 0.15) is 10.4 Å². The number of nitrogens with one attached hydrogen (secondary N) is 1. The topological polar surface area (TPSA) is 29.1 Å². The van der Waals surface area contributed by atoms with Crippen LogP contribution < -0.4 is 5.32 Å². The highest BCUT2D eigenvalue weighted by molar-refractivity contribution is 7.99. The van der Waals surface area contributed by atoms with Crippen molar-refractivity contribution in [2.75, 3.05) is 11.2 Å². The van der Waals surface area contributed by atoms with E-state index >= 15 is 0 Å². The normalized spacial score (nSPS) is 12.3. The molecule has 1 N–H and O–H groups in total. The fraction of sp³-hybridized carbons (Fsp3) is 0.0714. The van der Waals surface area contributed by atoms with E-state index in [1.54, 1.807) is 17.8 Å². The molecule has 0 unspecified atom stereocenters. The number of Topliss-reactive ketones (excluding diaryl/α,β-unsaturated/α-hetero) is 1. The quantitative estimate of drug-likeness (QED) is 0.535. The van der Waals surface area contributed by atoms with Crippen LogP contribution in [0.25, 0.3) is 0 Å². The van der Waals surface area contributed by atoms with E-state index in [1.165, 1.54) is 0 Å². The number of benzene rings is 2. The zero-order valence-electron chi connectivity index (χ0n) is 9.74. The standard InChI is InChI=1S/C14H9Cl2NOS/c15-7-12(18)8-1-3-13-10(5-8)17-11-6-9(16)2-4-14(11)19-13/h1-6,17H,7H2. The van der Waals surface area contributed by atoms with E-state index in [0.29, 0.717) is 10.6 Å². The highest BCUT2D eigenvalue weighted by atomic mass is 35.5. The first-order valence-corrected chi connectivity index (χ1v) is 7.38. The molecular weight excluding hydrogens is 301 g/mol. The predicted octanol–water partition coefficient (Wildman–Crippen LogP) is 4.97. The average Bonchev–Trinajstić information content (AvgIpc) is 2.43. The summed E-state index contributed by atoms with van der Waals surface area (Å²) in [6.45, 7) is 0. The van der Waals surface area contributed by atoms with Crippen LogP contribution in [0.2, 0.25) is 5.02 Å². The number of hydrogen-bond donors (Lipinski definition) is 1. The fourth-order valence-corrected chi connectivity index (χ4v) is 3.20. The molecular formula is C14H9Cl2NOS. The summed E-state index contributed by atoms with van der Waals surface area (Å²) >= 11 is 13.2. The number of ketones is 1. The Morgan fingerprint density at radius 1 is 1.11 bits per heavy atom. The molecule has 1 aliphatic rings. The van der Waals surface area contributed by atoms with Gasteiger partial charge in [-0.05, 0) is 30.3 Å². The van der Waals surface area contributed by atoms with Crippen molar-refractivity contribution < 1.29 is 4.79 Å². The van der Waals surface area contributed by atoms with Gasteiger partial charge in [-0.3, -0.25) is 4.79 Å². The number of alkyl halides is 1. The summed E-state index contributed by atoms with van der Waals surface area (Å²) in [5.74, 6) is -0.0814. The Hall–Kier alpha value is -1.16. The molecule has 0 amide bonds. The van der Waals surface area contributed by atoms with Crippen molar-refractivity contribution >= 4 is 52.1 Å². The number of carbonyl (C=O) groups is 1. The van der Waals surface area contributed by atoms with Crippen LogP contribution in [0.3, 0.4) is 0 Å². The van der Waals surface area contributed by atoms with E-state index in [-0.39, 0.29) is 11.7 Å². The molecule has 0 aromatic heterocycles. The highest BCUT2D eigenvalue weighted by Crippen LogP contribution is 2.45. The van der Waals surface area contributed by atoms with Gasteiger partial charge in [0.15, 0.2) is 5.78 Å². The van der Waals surface area contributed by atoms with Crippen molar-refractivity contribution in [3.63, 3.8) is 0 Å². The fourth-order valence-electron chi connectivity index (χ4n) is 1.92. The van der Waals surface area contributed by atoms with Crippen molar-refractivity contribution in [3.05, 3.63) is 47.0 Å². The first-order chi connectivity index (χ1) is 9.17. The summed E-state index contributed by atoms with van der Waals surface area (Å²) in [5.41, 5.74) is 2.49. The van der Waals surface area contributed by atoms with Gasteiger partial charge in [0.25, 0.3) is 0 Å². The third kappa shape index (κ3) is 2.46. The van der Waals surface area contributed by atoms with Crippen molar-refractivity contribution in [3.8, 4) is 0 Å². The van der Waals surface area contributed by atoms with Crippen LogP contribution in [-0.4, -0.2) is 11.7 Å². The van der Waals surface area contributed by atoms with E-state index in [2.05, 4.69) is 5.32 Å². The Bertz CT molecular complexity index is 672. The maximum atomic E-state index is 11.6. The van der Waals surface area contributed by atoms with Crippen molar-refractivity contribution in [2.45, 2.75) is 9.79 Å². The Morgan fingerprint density at radius 3 is 2.53 bits per heavy atom. The molecule has 3 rings (SSSR count). The van der Waals surface area contributed by atoms with E-state index in [9.17, 15) is 4.79 Å². The van der Waals surface area contributed by atoms with Gasteiger partial charge in [0.05, 0.1) is 17.3 Å². The molecule has 0 radical (unpaired) electrons. The van der Waals surface area contributed by atoms with Gasteiger partial charge in [-0.25, -0.2) is 0 Å². The van der Waals surface area contributed by atoms with Crippen LogP contribution in [-0.2, 0) is 0 Å². The van der Waals surface area contributed by atoms with Gasteiger partial charge in [0.1, 0.15) is 0 Å². The lowest BCUT2D eigenvalue weighted by atomic mass is 10.1. The van der Waals surface area contributed by atoms with Crippen LogP contribution in [0.5, 0.6) is 0 Å². The lowest BCUT2D eigenvalue weighted by molar-refractivity contribution is 0.102. The first-order valence-electron chi connectivity index (χ1n) is 5.65. The summed E-state index contributed by atoms with van der Waals surface area (Å²) in [6, 6.07) is 11.3. The molecule has 1 heterocycles. The zero-order chi connectivity index (χ0) is 13.4. The van der Waals surface area contributed by atoms with E-state index < -0.39 is 0 Å². The number of halogens is 2. The van der Waals surface area contributed by atoms with Crippen molar-refractivity contribution in [1.29, 1.82) is 0 Å². The molecule has 0 saturated heterocycles. The molecule has 0 saturated carbocycles. The van der Waals surface area contributed by atoms with Gasteiger partial charge >= 0.3 is 0 Å². The van der Waals surface area contributed by atoms with E-state index in [1.807, 2.05) is 30.3 Å². The summed E-state index contributed by atoms with van der Waals surface area (Å²) in [6.07, 6.45) is 0. The molecule has 1 aliphatic heterocycles. The average molecular weight is 310 g/mol. The van der Waals surface area contributed by atoms with Gasteiger partial charge < -0.3 is 5.32 Å². The molecule has 2 nitrogen and oxygen atoms in total. The second kappa shape index (κ2) is 5.08. The van der Waals surface area contributed by atoms with E-state index in [0.717, 1.165) is 21.2 Å². The van der Waals surface area contributed by atoms with Crippen LogP contribution in [0, 0.1) is 0 Å². The minimum Gasteiger partial charge on any atom is -0.354 e. The highest BCUT2D eigenvalue weighted by Gasteiger charge is 2.17. The molecule has 0 fully saturated rings. The summed E-state index contributed by atoms with van der Waals surface area (Å²) in [4.78, 5) is 13.8. The molecule has 0 aliphatic carbocycles. The second-order valence-electron chi connectivity index (χ2n) is 4.14. The summed E-state index contributed by atoms with van der Waals surface area (Å²) in [7, 11) is 0. The third-order valence-electron chi connectivity index (χ3n) is 2.85. The monoisotopic (exact) mass is 309 g/mol. The lowest BCUT2D eigenvalue weighted by Gasteiger charge is -2.21. The molecule has 5 heteroatoms. The SMILES string of the molecule is O=C(CCl)c1ccc2c(c1)Nc1cc(Cl)ccc1S2. The Morgan fingerprint density at radius 2 is 1.79 bits per heavy atom. The molecule has 0 bridgehead atoms. The lowest BCUT2D eigenvalue weighted by Crippen LogP contribution is -2.04. The number of hydrogen-bond acceptors (Lipinski definition) is 3. The zero-order valence-corrected chi connectivity index (χ0v) is 12.1. The predicted molar refractivity (Wildman–Crippen MR) is 80.4 cm³/mol. The number of anilines is 2. The van der Waals surface area contributed by atoms with E-state index in [4.69, 9.17) is 23.2 Å². The maximum absolute atomic E-state index is 11.6. The van der Waals surface area contributed by atoms with Gasteiger partial charge in [-0.1, -0.05) is 29.4 Å². The second-order valence-corrected chi connectivity index (χ2v) is 5.92. The minimum absolute atomic E-state index is 0.00561. The molecule has 2 aromatic rings. The number of rotatable bonds is 2. The van der Waals surface area contributed by atoms with Crippen molar-refractivity contribution in [2.24, 2.45) is 0 Å². The van der Waals surface area contributed by atoms with Gasteiger partial charge in [0.2, 0.25) is 0 Å². The van der Waals surface area contributed by atoms with Gasteiger partial charge in [0, 0.05) is 20.4 Å². The van der Waals surface area contributed by atoms with Crippen LogP contribution >= 0.6 is 35.0 Å². The first kappa shape index (κ1) is 12.9. The minimum atomic E-state index is -0.0758. The Balaban J connectivity index is 2.01. The van der Waals surface area contributed by atoms with Crippen molar-refractivity contribution in [1.82, 2.24) is 0 Å². The maximum Gasteiger partial charge on any atom is 0.177 e. The molecule has 0 atom stereocenters. The van der Waals surface area contributed by atoms with Crippen LogP contribution in [0.4, 0.5) is 11.4 Å². The third-order valence-corrected chi connectivity index (χ3v) is 4.48. The Kier molecular flexibility index (Phi) is 3.44. The summed E-state index contributed by atoms with van der Waals surface area (Å²) in [5, 5.41) is 3.98. The van der Waals surface area contributed by atoms with Gasteiger partial charge in [-0.2, -0.15) is 0 Å². The summed E-state index contributed by atoms with van der Waals surface area (Å²) < 4.78 is 0. The Labute approximate surface area is 125 Å².